The maximum Gasteiger partial charge on any atom is 0.225 e. The molecule has 1 amide bonds. The van der Waals surface area contributed by atoms with Gasteiger partial charge in [0.1, 0.15) is 5.75 Å². The summed E-state index contributed by atoms with van der Waals surface area (Å²) in [6.07, 6.45) is 5.50. The molecule has 0 spiro atoms. The zero-order valence-corrected chi connectivity index (χ0v) is 15.4. The zero-order chi connectivity index (χ0) is 17.9. The number of carbonyl (C=O) groups excluding carboxylic acids is 1. The van der Waals surface area contributed by atoms with Crippen LogP contribution >= 0.6 is 0 Å². The highest BCUT2D eigenvalue weighted by molar-refractivity contribution is 5.79. The minimum Gasteiger partial charge on any atom is -0.496 e. The molecular weight excluding hydrogens is 324 g/mol. The predicted octanol–water partition coefficient (Wildman–Crippen LogP) is 4.26. The molecule has 1 aliphatic carbocycles. The number of aromatic nitrogens is 1. The average molecular weight is 350 g/mol. The fraction of sp³-hybridized carbons (Fsp3) is 0.455. The van der Waals surface area contributed by atoms with E-state index in [1.165, 1.54) is 6.42 Å². The van der Waals surface area contributed by atoms with Gasteiger partial charge in [-0.3, -0.25) is 9.78 Å². The molecule has 1 aromatic carbocycles. The number of rotatable bonds is 4. The second-order valence-corrected chi connectivity index (χ2v) is 7.40. The van der Waals surface area contributed by atoms with Crippen LogP contribution in [0.15, 0.2) is 42.5 Å². The average Bonchev–Trinajstić information content (AvgIpc) is 2.67. The van der Waals surface area contributed by atoms with Gasteiger partial charge in [0.2, 0.25) is 5.91 Å². The first-order chi connectivity index (χ1) is 12.8. The first kappa shape index (κ1) is 17.1. The smallest absolute Gasteiger partial charge is 0.225 e. The van der Waals surface area contributed by atoms with E-state index in [-0.39, 0.29) is 5.92 Å². The fourth-order valence-corrected chi connectivity index (χ4v) is 4.02. The highest BCUT2D eigenvalue weighted by Crippen LogP contribution is 2.33. The van der Waals surface area contributed by atoms with Crippen molar-refractivity contribution in [1.82, 2.24) is 9.88 Å². The van der Waals surface area contributed by atoms with Crippen LogP contribution in [-0.2, 0) is 4.79 Å². The highest BCUT2D eigenvalue weighted by Gasteiger charge is 2.32. The quantitative estimate of drug-likeness (QED) is 0.827. The van der Waals surface area contributed by atoms with Gasteiger partial charge in [0, 0.05) is 36.2 Å². The summed E-state index contributed by atoms with van der Waals surface area (Å²) in [5, 5.41) is 0. The number of hydrogen-bond donors (Lipinski definition) is 0. The Morgan fingerprint density at radius 3 is 2.69 bits per heavy atom. The topological polar surface area (TPSA) is 42.4 Å². The second kappa shape index (κ2) is 7.48. The van der Waals surface area contributed by atoms with E-state index >= 15 is 0 Å². The molecule has 0 N–H and O–H groups in total. The standard InChI is InChI=1S/C22H26N2O2/c1-26-21-13-3-2-10-18(21)20-12-5-11-19(23-20)17-9-6-14-24(15-17)22(25)16-7-4-8-16/h2-3,5,10-13,16-17H,4,6-9,14-15H2,1H3/t17-/m0/s1. The van der Waals surface area contributed by atoms with Gasteiger partial charge in [-0.05, 0) is 49.9 Å². The Morgan fingerprint density at radius 1 is 1.08 bits per heavy atom. The molecule has 0 radical (unpaired) electrons. The normalized spacial score (nSPS) is 20.5. The number of pyridine rings is 1. The van der Waals surface area contributed by atoms with Crippen LogP contribution in [0.3, 0.4) is 0 Å². The molecule has 26 heavy (non-hydrogen) atoms. The monoisotopic (exact) mass is 350 g/mol. The van der Waals surface area contributed by atoms with E-state index in [0.29, 0.717) is 11.8 Å². The van der Waals surface area contributed by atoms with Crippen LogP contribution < -0.4 is 4.74 Å². The van der Waals surface area contributed by atoms with Gasteiger partial charge in [-0.25, -0.2) is 0 Å². The molecule has 2 heterocycles. The van der Waals surface area contributed by atoms with E-state index in [0.717, 1.165) is 61.5 Å². The van der Waals surface area contributed by atoms with Crippen molar-refractivity contribution in [2.75, 3.05) is 20.2 Å². The van der Waals surface area contributed by atoms with Crippen molar-refractivity contribution >= 4 is 5.91 Å². The molecule has 2 aromatic rings. The van der Waals surface area contributed by atoms with Crippen molar-refractivity contribution in [2.45, 2.75) is 38.0 Å². The molecule has 0 unspecified atom stereocenters. The lowest BCUT2D eigenvalue weighted by Crippen LogP contribution is -2.44. The van der Waals surface area contributed by atoms with Crippen molar-refractivity contribution in [3.8, 4) is 17.0 Å². The molecule has 1 aromatic heterocycles. The Hall–Kier alpha value is -2.36. The van der Waals surface area contributed by atoms with Crippen LogP contribution in [0.1, 0.15) is 43.7 Å². The summed E-state index contributed by atoms with van der Waals surface area (Å²) in [5.41, 5.74) is 3.02. The molecule has 0 bridgehead atoms. The van der Waals surface area contributed by atoms with Gasteiger partial charge in [-0.2, -0.15) is 0 Å². The van der Waals surface area contributed by atoms with Gasteiger partial charge >= 0.3 is 0 Å². The number of para-hydroxylation sites is 1. The van der Waals surface area contributed by atoms with E-state index in [4.69, 9.17) is 9.72 Å². The molecule has 4 rings (SSSR count). The summed E-state index contributed by atoms with van der Waals surface area (Å²) in [7, 11) is 1.69. The third-order valence-electron chi connectivity index (χ3n) is 5.76. The molecule has 1 saturated heterocycles. The Balaban J connectivity index is 1.55. The number of ether oxygens (including phenoxy) is 1. The molecule has 1 aliphatic heterocycles. The van der Waals surface area contributed by atoms with Crippen LogP contribution in [0.5, 0.6) is 5.75 Å². The van der Waals surface area contributed by atoms with Crippen LogP contribution in [0.25, 0.3) is 11.3 Å². The Kier molecular flexibility index (Phi) is 4.91. The van der Waals surface area contributed by atoms with Crippen LogP contribution in [0, 0.1) is 5.92 Å². The van der Waals surface area contributed by atoms with Gasteiger partial charge in [0.15, 0.2) is 0 Å². The maximum atomic E-state index is 12.6. The number of carbonyl (C=O) groups is 1. The lowest BCUT2D eigenvalue weighted by molar-refractivity contribution is -0.139. The van der Waals surface area contributed by atoms with E-state index in [9.17, 15) is 4.79 Å². The molecule has 4 nitrogen and oxygen atoms in total. The number of piperidine rings is 1. The lowest BCUT2D eigenvalue weighted by Gasteiger charge is -2.37. The molecule has 1 atom stereocenters. The number of nitrogens with zero attached hydrogens (tertiary/aromatic N) is 2. The molecule has 1 saturated carbocycles. The second-order valence-electron chi connectivity index (χ2n) is 7.40. The molecule has 136 valence electrons. The summed E-state index contributed by atoms with van der Waals surface area (Å²) in [4.78, 5) is 19.6. The Morgan fingerprint density at radius 2 is 1.92 bits per heavy atom. The summed E-state index contributed by atoms with van der Waals surface area (Å²) in [5.74, 6) is 1.80. The number of hydrogen-bond acceptors (Lipinski definition) is 3. The number of likely N-dealkylation sites (tertiary alicyclic amines) is 1. The fourth-order valence-electron chi connectivity index (χ4n) is 4.02. The van der Waals surface area contributed by atoms with Gasteiger partial charge < -0.3 is 9.64 Å². The lowest BCUT2D eigenvalue weighted by atomic mass is 9.83. The van der Waals surface area contributed by atoms with Crippen LogP contribution in [0.4, 0.5) is 0 Å². The van der Waals surface area contributed by atoms with E-state index in [1.54, 1.807) is 7.11 Å². The van der Waals surface area contributed by atoms with E-state index in [2.05, 4.69) is 17.0 Å². The Labute approximate surface area is 155 Å². The predicted molar refractivity (Wildman–Crippen MR) is 102 cm³/mol. The minimum atomic E-state index is 0.279. The SMILES string of the molecule is COc1ccccc1-c1cccc([C@H]2CCCN(C(=O)C3CCC3)C2)n1. The van der Waals surface area contributed by atoms with E-state index in [1.807, 2.05) is 30.3 Å². The highest BCUT2D eigenvalue weighted by atomic mass is 16.5. The van der Waals surface area contributed by atoms with Crippen LogP contribution in [0.2, 0.25) is 0 Å². The largest absolute Gasteiger partial charge is 0.496 e. The van der Waals surface area contributed by atoms with Gasteiger partial charge in [-0.15, -0.1) is 0 Å². The van der Waals surface area contributed by atoms with Crippen molar-refractivity contribution in [3.05, 3.63) is 48.2 Å². The summed E-state index contributed by atoms with van der Waals surface area (Å²) in [6.45, 7) is 1.70. The first-order valence-corrected chi connectivity index (χ1v) is 9.65. The van der Waals surface area contributed by atoms with Gasteiger partial charge in [0.05, 0.1) is 12.8 Å². The summed E-state index contributed by atoms with van der Waals surface area (Å²) < 4.78 is 5.49. The van der Waals surface area contributed by atoms with Gasteiger partial charge in [0.25, 0.3) is 0 Å². The zero-order valence-electron chi connectivity index (χ0n) is 15.4. The maximum absolute atomic E-state index is 12.6. The summed E-state index contributed by atoms with van der Waals surface area (Å²) >= 11 is 0. The van der Waals surface area contributed by atoms with Crippen LogP contribution in [-0.4, -0.2) is 36.0 Å². The van der Waals surface area contributed by atoms with Gasteiger partial charge in [-0.1, -0.05) is 24.6 Å². The third kappa shape index (κ3) is 3.33. The molecule has 2 aliphatic rings. The minimum absolute atomic E-state index is 0.279. The van der Waals surface area contributed by atoms with E-state index < -0.39 is 0 Å². The molecule has 2 fully saturated rings. The summed E-state index contributed by atoms with van der Waals surface area (Å²) in [6, 6.07) is 14.2. The Bertz CT molecular complexity index is 785. The van der Waals surface area contributed by atoms with Crippen molar-refractivity contribution in [3.63, 3.8) is 0 Å². The molecular formula is C22H26N2O2. The third-order valence-corrected chi connectivity index (χ3v) is 5.76. The van der Waals surface area contributed by atoms with Crippen molar-refractivity contribution < 1.29 is 9.53 Å². The number of benzene rings is 1. The first-order valence-electron chi connectivity index (χ1n) is 9.65. The van der Waals surface area contributed by atoms with Crippen molar-refractivity contribution in [2.24, 2.45) is 5.92 Å². The molecule has 4 heteroatoms. The number of amides is 1. The van der Waals surface area contributed by atoms with Crippen molar-refractivity contribution in [1.29, 1.82) is 0 Å². The number of methoxy groups -OCH3 is 1.